The van der Waals surface area contributed by atoms with E-state index in [1.807, 2.05) is 13.0 Å². The normalized spacial score (nSPS) is 17.5. The summed E-state index contributed by atoms with van der Waals surface area (Å²) < 4.78 is 5.01. The molecule has 1 N–H and O–H groups in total. The number of methoxy groups -OCH3 is 1. The van der Waals surface area contributed by atoms with E-state index in [2.05, 4.69) is 25.1 Å². The van der Waals surface area contributed by atoms with Gasteiger partial charge < -0.3 is 15.0 Å². The molecule has 21 heavy (non-hydrogen) atoms. The number of carbonyl (C=O) groups excluding carboxylic acids is 1. The van der Waals surface area contributed by atoms with Gasteiger partial charge >= 0.3 is 0 Å². The fourth-order valence-electron chi connectivity index (χ4n) is 2.38. The molecule has 0 aliphatic carbocycles. The third-order valence-electron chi connectivity index (χ3n) is 3.40. The molecule has 1 aliphatic rings. The van der Waals surface area contributed by atoms with Gasteiger partial charge in [0.2, 0.25) is 11.9 Å². The summed E-state index contributed by atoms with van der Waals surface area (Å²) in [6.07, 6.45) is 3.50. The van der Waals surface area contributed by atoms with Crippen molar-refractivity contribution in [2.24, 2.45) is 0 Å². The standard InChI is InChI=1S/C14H23N5O2/c1-12(11-21-2)17-13(20)10-18-6-8-19(9-7-18)14-15-4-3-5-16-14/h3-5,12H,6-11H2,1-2H3,(H,17,20)/t12-/m0/s1. The van der Waals surface area contributed by atoms with E-state index in [1.54, 1.807) is 19.5 Å². The maximum absolute atomic E-state index is 11.9. The summed E-state index contributed by atoms with van der Waals surface area (Å²) in [5, 5.41) is 2.93. The van der Waals surface area contributed by atoms with Gasteiger partial charge in [-0.15, -0.1) is 0 Å². The first-order valence-electron chi connectivity index (χ1n) is 7.21. The van der Waals surface area contributed by atoms with Gasteiger partial charge in [0.1, 0.15) is 0 Å². The molecule has 1 fully saturated rings. The summed E-state index contributed by atoms with van der Waals surface area (Å²) in [6.45, 7) is 6.25. The van der Waals surface area contributed by atoms with Crippen LogP contribution in [0.4, 0.5) is 5.95 Å². The highest BCUT2D eigenvalue weighted by molar-refractivity contribution is 5.78. The van der Waals surface area contributed by atoms with Crippen LogP contribution in [0.5, 0.6) is 0 Å². The second-order valence-electron chi connectivity index (χ2n) is 5.24. The van der Waals surface area contributed by atoms with Crippen molar-refractivity contribution in [3.8, 4) is 0 Å². The Kier molecular flexibility index (Phi) is 5.89. The molecule has 1 aromatic heterocycles. The minimum Gasteiger partial charge on any atom is -0.383 e. The van der Waals surface area contributed by atoms with Gasteiger partial charge in [0.05, 0.1) is 13.2 Å². The fraction of sp³-hybridized carbons (Fsp3) is 0.643. The molecule has 7 heteroatoms. The molecule has 1 amide bonds. The first kappa shape index (κ1) is 15.7. The zero-order chi connectivity index (χ0) is 15.1. The lowest BCUT2D eigenvalue weighted by Gasteiger charge is -2.34. The number of carbonyl (C=O) groups is 1. The van der Waals surface area contributed by atoms with Crippen LogP contribution >= 0.6 is 0 Å². The third-order valence-corrected chi connectivity index (χ3v) is 3.40. The smallest absolute Gasteiger partial charge is 0.234 e. The van der Waals surface area contributed by atoms with E-state index < -0.39 is 0 Å². The first-order chi connectivity index (χ1) is 10.2. The minimum absolute atomic E-state index is 0.0431. The Hall–Kier alpha value is -1.73. The molecule has 1 aromatic rings. The van der Waals surface area contributed by atoms with E-state index in [-0.39, 0.29) is 11.9 Å². The van der Waals surface area contributed by atoms with Crippen LogP contribution in [-0.2, 0) is 9.53 Å². The fourth-order valence-corrected chi connectivity index (χ4v) is 2.38. The average Bonchev–Trinajstić information content (AvgIpc) is 2.49. The van der Waals surface area contributed by atoms with Crippen LogP contribution in [0.2, 0.25) is 0 Å². The quantitative estimate of drug-likeness (QED) is 0.780. The third kappa shape index (κ3) is 4.95. The number of nitrogens with zero attached hydrogens (tertiary/aromatic N) is 4. The molecule has 1 atom stereocenters. The monoisotopic (exact) mass is 293 g/mol. The van der Waals surface area contributed by atoms with Gasteiger partial charge in [-0.05, 0) is 13.0 Å². The number of piperazine rings is 1. The van der Waals surface area contributed by atoms with E-state index in [0.717, 1.165) is 32.1 Å². The van der Waals surface area contributed by atoms with Gasteiger partial charge in [-0.1, -0.05) is 0 Å². The molecule has 7 nitrogen and oxygen atoms in total. The lowest BCUT2D eigenvalue weighted by Crippen LogP contribution is -2.51. The molecule has 0 spiro atoms. The Morgan fingerprint density at radius 2 is 2.00 bits per heavy atom. The van der Waals surface area contributed by atoms with E-state index >= 15 is 0 Å². The second kappa shape index (κ2) is 7.90. The Morgan fingerprint density at radius 1 is 1.33 bits per heavy atom. The summed E-state index contributed by atoms with van der Waals surface area (Å²) in [6, 6.07) is 1.85. The highest BCUT2D eigenvalue weighted by Crippen LogP contribution is 2.09. The summed E-state index contributed by atoms with van der Waals surface area (Å²) in [5.41, 5.74) is 0. The average molecular weight is 293 g/mol. The van der Waals surface area contributed by atoms with Crippen LogP contribution in [0.25, 0.3) is 0 Å². The molecule has 0 bridgehead atoms. The van der Waals surface area contributed by atoms with Crippen molar-refractivity contribution < 1.29 is 9.53 Å². The summed E-state index contributed by atoms with van der Waals surface area (Å²) in [7, 11) is 1.63. The van der Waals surface area contributed by atoms with Crippen molar-refractivity contribution >= 4 is 11.9 Å². The molecular weight excluding hydrogens is 270 g/mol. The molecule has 116 valence electrons. The molecule has 2 rings (SSSR count). The number of nitrogens with one attached hydrogen (secondary N) is 1. The zero-order valence-electron chi connectivity index (χ0n) is 12.7. The number of rotatable bonds is 6. The molecule has 0 saturated carbocycles. The topological polar surface area (TPSA) is 70.6 Å². The van der Waals surface area contributed by atoms with Crippen LogP contribution in [0.15, 0.2) is 18.5 Å². The van der Waals surface area contributed by atoms with Crippen molar-refractivity contribution in [2.45, 2.75) is 13.0 Å². The predicted octanol–water partition coefficient (Wildman–Crippen LogP) is -0.250. The zero-order valence-corrected chi connectivity index (χ0v) is 12.7. The van der Waals surface area contributed by atoms with Crippen LogP contribution in [0.1, 0.15) is 6.92 Å². The number of anilines is 1. The highest BCUT2D eigenvalue weighted by atomic mass is 16.5. The van der Waals surface area contributed by atoms with Crippen molar-refractivity contribution in [1.29, 1.82) is 0 Å². The predicted molar refractivity (Wildman–Crippen MR) is 80.2 cm³/mol. The SMILES string of the molecule is COC[C@H](C)NC(=O)CN1CCN(c2ncccn2)CC1. The lowest BCUT2D eigenvalue weighted by molar-refractivity contribution is -0.123. The van der Waals surface area contributed by atoms with E-state index in [1.165, 1.54) is 0 Å². The van der Waals surface area contributed by atoms with Gasteiger partial charge in [-0.2, -0.15) is 0 Å². The second-order valence-corrected chi connectivity index (χ2v) is 5.24. The molecular formula is C14H23N5O2. The minimum atomic E-state index is 0.0431. The Bertz CT molecular complexity index is 434. The van der Waals surface area contributed by atoms with Gasteiger partial charge in [0, 0.05) is 51.7 Å². The van der Waals surface area contributed by atoms with Gasteiger partial charge in [-0.25, -0.2) is 9.97 Å². The van der Waals surface area contributed by atoms with Crippen molar-refractivity contribution in [3.05, 3.63) is 18.5 Å². The van der Waals surface area contributed by atoms with Crippen LogP contribution in [0, 0.1) is 0 Å². The van der Waals surface area contributed by atoms with E-state index in [0.29, 0.717) is 13.2 Å². The Labute approximate surface area is 125 Å². The van der Waals surface area contributed by atoms with Gasteiger partial charge in [-0.3, -0.25) is 9.69 Å². The maximum Gasteiger partial charge on any atom is 0.234 e. The van der Waals surface area contributed by atoms with Gasteiger partial charge in [0.15, 0.2) is 0 Å². The van der Waals surface area contributed by atoms with Gasteiger partial charge in [0.25, 0.3) is 0 Å². The molecule has 0 radical (unpaired) electrons. The van der Waals surface area contributed by atoms with Crippen LogP contribution < -0.4 is 10.2 Å². The molecule has 1 aliphatic heterocycles. The first-order valence-corrected chi connectivity index (χ1v) is 7.21. The van der Waals surface area contributed by atoms with Crippen molar-refractivity contribution in [1.82, 2.24) is 20.2 Å². The largest absolute Gasteiger partial charge is 0.383 e. The number of aromatic nitrogens is 2. The molecule has 0 aromatic carbocycles. The lowest BCUT2D eigenvalue weighted by atomic mass is 10.3. The maximum atomic E-state index is 11.9. The highest BCUT2D eigenvalue weighted by Gasteiger charge is 2.20. The molecule has 0 unspecified atom stereocenters. The van der Waals surface area contributed by atoms with E-state index in [9.17, 15) is 4.79 Å². The van der Waals surface area contributed by atoms with E-state index in [4.69, 9.17) is 4.74 Å². The number of amides is 1. The molecule has 2 heterocycles. The Balaban J connectivity index is 1.73. The van der Waals surface area contributed by atoms with Crippen molar-refractivity contribution in [2.75, 3.05) is 51.3 Å². The number of ether oxygens (including phenoxy) is 1. The summed E-state index contributed by atoms with van der Waals surface area (Å²) in [5.74, 6) is 0.805. The number of hydrogen-bond acceptors (Lipinski definition) is 6. The summed E-state index contributed by atoms with van der Waals surface area (Å²) >= 11 is 0. The van der Waals surface area contributed by atoms with Crippen LogP contribution in [-0.4, -0.2) is 73.3 Å². The molecule has 1 saturated heterocycles. The van der Waals surface area contributed by atoms with Crippen molar-refractivity contribution in [3.63, 3.8) is 0 Å². The van der Waals surface area contributed by atoms with Crippen LogP contribution in [0.3, 0.4) is 0 Å². The Morgan fingerprint density at radius 3 is 2.62 bits per heavy atom. The summed E-state index contributed by atoms with van der Waals surface area (Å²) in [4.78, 5) is 24.7. The number of hydrogen-bond donors (Lipinski definition) is 1.